The van der Waals surface area contributed by atoms with Gasteiger partial charge in [0, 0.05) is 29.9 Å². The van der Waals surface area contributed by atoms with E-state index in [9.17, 15) is 10.1 Å². The van der Waals surface area contributed by atoms with Crippen LogP contribution >= 0.6 is 0 Å². The highest BCUT2D eigenvalue weighted by Gasteiger charge is 2.18. The largest absolute Gasteiger partial charge is 0.382 e. The third-order valence-electron chi connectivity index (χ3n) is 4.13. The quantitative estimate of drug-likeness (QED) is 0.678. The molecule has 0 bridgehead atoms. The predicted octanol–water partition coefficient (Wildman–Crippen LogP) is 3.19. The molecule has 1 atom stereocenters. The van der Waals surface area contributed by atoms with Crippen LogP contribution < -0.4 is 5.32 Å². The van der Waals surface area contributed by atoms with Crippen molar-refractivity contribution in [1.29, 1.82) is 0 Å². The third-order valence-corrected chi connectivity index (χ3v) is 4.13. The smallest absolute Gasteiger partial charge is 0.274 e. The molecule has 1 aliphatic heterocycles. The molecule has 0 saturated carbocycles. The number of anilines is 1. The molecule has 1 aliphatic rings. The van der Waals surface area contributed by atoms with Gasteiger partial charge in [0.25, 0.3) is 5.69 Å². The Kier molecular flexibility index (Phi) is 4.95. The topological polar surface area (TPSA) is 58.4 Å². The number of nitro benzene ring substituents is 1. The van der Waals surface area contributed by atoms with Gasteiger partial charge in [-0.25, -0.2) is 0 Å². The minimum absolute atomic E-state index is 0.193. The van der Waals surface area contributed by atoms with Crippen LogP contribution in [0, 0.1) is 17.0 Å². The lowest BCUT2D eigenvalue weighted by Crippen LogP contribution is -2.26. The Hall–Kier alpha value is -1.62. The van der Waals surface area contributed by atoms with E-state index in [4.69, 9.17) is 0 Å². The second kappa shape index (κ2) is 6.70. The highest BCUT2D eigenvalue weighted by molar-refractivity contribution is 5.60. The van der Waals surface area contributed by atoms with Crippen molar-refractivity contribution in [3.63, 3.8) is 0 Å². The number of nitrogens with zero attached hydrogens (tertiary/aromatic N) is 2. The van der Waals surface area contributed by atoms with Crippen molar-refractivity contribution in [2.45, 2.75) is 39.2 Å². The molecule has 0 aliphatic carbocycles. The second-order valence-corrected chi connectivity index (χ2v) is 5.41. The second-order valence-electron chi connectivity index (χ2n) is 5.41. The SMILES string of the molecule is CCN1CCCC(Nc2cccc([N+](=O)[O-])c2C)CC1. The van der Waals surface area contributed by atoms with Crippen molar-refractivity contribution in [2.24, 2.45) is 0 Å². The third kappa shape index (κ3) is 3.48. The molecule has 5 nitrogen and oxygen atoms in total. The van der Waals surface area contributed by atoms with Gasteiger partial charge in [0.1, 0.15) is 0 Å². The first-order chi connectivity index (χ1) is 9.61. The normalized spacial score (nSPS) is 20.4. The Morgan fingerprint density at radius 1 is 1.40 bits per heavy atom. The van der Waals surface area contributed by atoms with Crippen molar-refractivity contribution in [2.75, 3.05) is 25.0 Å². The van der Waals surface area contributed by atoms with Crippen molar-refractivity contribution < 1.29 is 4.92 Å². The molecule has 0 radical (unpaired) electrons. The summed E-state index contributed by atoms with van der Waals surface area (Å²) in [6.07, 6.45) is 3.40. The zero-order valence-electron chi connectivity index (χ0n) is 12.3. The van der Waals surface area contributed by atoms with Gasteiger partial charge in [-0.15, -0.1) is 0 Å². The first-order valence-corrected chi connectivity index (χ1v) is 7.34. The van der Waals surface area contributed by atoms with Crippen LogP contribution in [0.1, 0.15) is 31.7 Å². The van der Waals surface area contributed by atoms with Gasteiger partial charge in [-0.05, 0) is 45.3 Å². The highest BCUT2D eigenvalue weighted by atomic mass is 16.6. The molecule has 5 heteroatoms. The van der Waals surface area contributed by atoms with Crippen LogP contribution in [0.4, 0.5) is 11.4 Å². The number of likely N-dealkylation sites (tertiary alicyclic amines) is 1. The fourth-order valence-electron chi connectivity index (χ4n) is 2.81. The molecule has 1 aromatic carbocycles. The molecule has 1 heterocycles. The van der Waals surface area contributed by atoms with Crippen LogP contribution in [0.3, 0.4) is 0 Å². The van der Waals surface area contributed by atoms with E-state index in [1.54, 1.807) is 12.1 Å². The summed E-state index contributed by atoms with van der Waals surface area (Å²) in [6, 6.07) is 5.66. The summed E-state index contributed by atoms with van der Waals surface area (Å²) in [7, 11) is 0. The van der Waals surface area contributed by atoms with Crippen LogP contribution in [0.25, 0.3) is 0 Å². The molecular weight excluding hydrogens is 254 g/mol. The Balaban J connectivity index is 2.06. The first kappa shape index (κ1) is 14.8. The van der Waals surface area contributed by atoms with Gasteiger partial charge in [0.05, 0.1) is 4.92 Å². The van der Waals surface area contributed by atoms with Gasteiger partial charge >= 0.3 is 0 Å². The van der Waals surface area contributed by atoms with Crippen LogP contribution in [-0.2, 0) is 0 Å². The fraction of sp³-hybridized carbons (Fsp3) is 0.600. The van der Waals surface area contributed by atoms with E-state index in [0.29, 0.717) is 6.04 Å². The summed E-state index contributed by atoms with van der Waals surface area (Å²) < 4.78 is 0. The Labute approximate surface area is 120 Å². The average molecular weight is 277 g/mol. The molecule has 0 spiro atoms. The number of nitro groups is 1. The number of nitrogens with one attached hydrogen (secondary N) is 1. The van der Waals surface area contributed by atoms with Crippen LogP contribution in [0.5, 0.6) is 0 Å². The summed E-state index contributed by atoms with van der Waals surface area (Å²) >= 11 is 0. The van der Waals surface area contributed by atoms with Crippen molar-refractivity contribution in [3.05, 3.63) is 33.9 Å². The van der Waals surface area contributed by atoms with Crippen molar-refractivity contribution in [1.82, 2.24) is 4.90 Å². The number of rotatable bonds is 4. The summed E-state index contributed by atoms with van der Waals surface area (Å²) in [5.41, 5.74) is 1.82. The zero-order valence-corrected chi connectivity index (χ0v) is 12.3. The lowest BCUT2D eigenvalue weighted by atomic mass is 10.1. The first-order valence-electron chi connectivity index (χ1n) is 7.34. The molecule has 1 aromatic rings. The van der Waals surface area contributed by atoms with Crippen LogP contribution in [0.2, 0.25) is 0 Å². The van der Waals surface area contributed by atoms with Crippen LogP contribution in [-0.4, -0.2) is 35.5 Å². The number of benzene rings is 1. The number of hydrogen-bond donors (Lipinski definition) is 1. The summed E-state index contributed by atoms with van der Waals surface area (Å²) in [4.78, 5) is 13.1. The van der Waals surface area contributed by atoms with Gasteiger partial charge in [-0.3, -0.25) is 10.1 Å². The van der Waals surface area contributed by atoms with E-state index < -0.39 is 0 Å². The monoisotopic (exact) mass is 277 g/mol. The van der Waals surface area contributed by atoms with Gasteiger partial charge in [-0.2, -0.15) is 0 Å². The summed E-state index contributed by atoms with van der Waals surface area (Å²) in [5, 5.41) is 14.5. The van der Waals surface area contributed by atoms with E-state index >= 15 is 0 Å². The lowest BCUT2D eigenvalue weighted by molar-refractivity contribution is -0.385. The Morgan fingerprint density at radius 3 is 2.90 bits per heavy atom. The maximum atomic E-state index is 11.0. The van der Waals surface area contributed by atoms with E-state index in [2.05, 4.69) is 17.1 Å². The lowest BCUT2D eigenvalue weighted by Gasteiger charge is -2.20. The molecule has 1 N–H and O–H groups in total. The van der Waals surface area contributed by atoms with E-state index in [-0.39, 0.29) is 10.6 Å². The van der Waals surface area contributed by atoms with Crippen molar-refractivity contribution >= 4 is 11.4 Å². The molecule has 0 amide bonds. The standard InChI is InChI=1S/C15H23N3O2/c1-3-17-10-5-6-13(9-11-17)16-14-7-4-8-15(12(14)2)18(19)20/h4,7-8,13,16H,3,5-6,9-11H2,1-2H3. The molecule has 1 saturated heterocycles. The Morgan fingerprint density at radius 2 is 2.20 bits per heavy atom. The van der Waals surface area contributed by atoms with Gasteiger partial charge in [0.2, 0.25) is 0 Å². The maximum absolute atomic E-state index is 11.0. The highest BCUT2D eigenvalue weighted by Crippen LogP contribution is 2.27. The maximum Gasteiger partial charge on any atom is 0.274 e. The van der Waals surface area contributed by atoms with Crippen molar-refractivity contribution in [3.8, 4) is 0 Å². The van der Waals surface area contributed by atoms with Gasteiger partial charge in [0.15, 0.2) is 0 Å². The van der Waals surface area contributed by atoms with E-state index in [1.165, 1.54) is 6.42 Å². The molecule has 0 aromatic heterocycles. The van der Waals surface area contributed by atoms with E-state index in [1.807, 2.05) is 13.0 Å². The minimum Gasteiger partial charge on any atom is -0.382 e. The minimum atomic E-state index is -0.313. The molecular formula is C15H23N3O2. The number of hydrogen-bond acceptors (Lipinski definition) is 4. The van der Waals surface area contributed by atoms with Gasteiger partial charge in [-0.1, -0.05) is 13.0 Å². The summed E-state index contributed by atoms with van der Waals surface area (Å²) in [6.45, 7) is 7.36. The molecule has 2 rings (SSSR count). The summed E-state index contributed by atoms with van der Waals surface area (Å²) in [5.74, 6) is 0. The zero-order chi connectivity index (χ0) is 14.5. The molecule has 20 heavy (non-hydrogen) atoms. The van der Waals surface area contributed by atoms with E-state index in [0.717, 1.165) is 43.7 Å². The fourth-order valence-corrected chi connectivity index (χ4v) is 2.81. The molecule has 1 unspecified atom stereocenters. The Bertz CT molecular complexity index is 476. The molecule has 110 valence electrons. The van der Waals surface area contributed by atoms with Gasteiger partial charge < -0.3 is 10.2 Å². The molecule has 1 fully saturated rings. The predicted molar refractivity (Wildman–Crippen MR) is 81.2 cm³/mol. The average Bonchev–Trinajstić information content (AvgIpc) is 2.66. The van der Waals surface area contributed by atoms with Crippen LogP contribution in [0.15, 0.2) is 18.2 Å².